The predicted molar refractivity (Wildman–Crippen MR) is 104 cm³/mol. The lowest BCUT2D eigenvalue weighted by molar-refractivity contribution is -0.135. The number of carbonyl (C=O) groups excluding carboxylic acids is 1. The summed E-state index contributed by atoms with van der Waals surface area (Å²) in [6.07, 6.45) is 4.17. The Labute approximate surface area is 151 Å². The van der Waals surface area contributed by atoms with E-state index in [1.54, 1.807) is 0 Å². The van der Waals surface area contributed by atoms with E-state index in [0.717, 1.165) is 49.9 Å². The summed E-state index contributed by atoms with van der Waals surface area (Å²) in [7, 11) is 0. The van der Waals surface area contributed by atoms with Gasteiger partial charge in [0.05, 0.1) is 5.41 Å². The molecule has 1 aliphatic heterocycles. The van der Waals surface area contributed by atoms with Crippen LogP contribution in [-0.4, -0.2) is 23.9 Å². The third kappa shape index (κ3) is 3.49. The fraction of sp³-hybridized carbons (Fsp3) is 0.435. The van der Waals surface area contributed by atoms with Crippen molar-refractivity contribution < 1.29 is 4.79 Å². The topological polar surface area (TPSA) is 20.3 Å². The molecule has 132 valence electrons. The van der Waals surface area contributed by atoms with E-state index in [9.17, 15) is 4.79 Å². The van der Waals surface area contributed by atoms with Crippen LogP contribution >= 0.6 is 0 Å². The molecule has 0 radical (unpaired) electrons. The van der Waals surface area contributed by atoms with E-state index >= 15 is 0 Å². The summed E-state index contributed by atoms with van der Waals surface area (Å²) >= 11 is 0. The summed E-state index contributed by atoms with van der Waals surface area (Å²) in [4.78, 5) is 15.9. The maximum absolute atomic E-state index is 13.8. The predicted octanol–water partition coefficient (Wildman–Crippen LogP) is 5.03. The average Bonchev–Trinajstić information content (AvgIpc) is 3.21. The third-order valence-electron chi connectivity index (χ3n) is 5.64. The molecule has 0 aromatic heterocycles. The SMILES string of the molecule is CCC(C)CC(C(=O)N1CCCC1)(c1ccccc1)c1ccccc1. The van der Waals surface area contributed by atoms with Crippen LogP contribution in [0.15, 0.2) is 60.7 Å². The van der Waals surface area contributed by atoms with E-state index in [1.807, 2.05) is 12.1 Å². The first-order chi connectivity index (χ1) is 12.2. The zero-order chi connectivity index (χ0) is 17.7. The van der Waals surface area contributed by atoms with Gasteiger partial charge >= 0.3 is 0 Å². The van der Waals surface area contributed by atoms with Gasteiger partial charge < -0.3 is 4.90 Å². The maximum atomic E-state index is 13.8. The molecular formula is C23H29NO. The highest BCUT2D eigenvalue weighted by molar-refractivity contribution is 5.92. The van der Waals surface area contributed by atoms with Crippen molar-refractivity contribution in [2.24, 2.45) is 5.92 Å². The summed E-state index contributed by atoms with van der Waals surface area (Å²) in [5.74, 6) is 0.759. The van der Waals surface area contributed by atoms with Gasteiger partial charge in [-0.3, -0.25) is 4.79 Å². The lowest BCUT2D eigenvalue weighted by atomic mass is 9.68. The molecule has 0 saturated carbocycles. The molecule has 2 heteroatoms. The Bertz CT molecular complexity index is 634. The van der Waals surface area contributed by atoms with E-state index in [4.69, 9.17) is 0 Å². The number of nitrogens with zero attached hydrogens (tertiary/aromatic N) is 1. The Balaban J connectivity index is 2.17. The number of likely N-dealkylation sites (tertiary alicyclic amines) is 1. The van der Waals surface area contributed by atoms with Gasteiger partial charge in [0, 0.05) is 13.1 Å². The Morgan fingerprint density at radius 3 is 1.88 bits per heavy atom. The van der Waals surface area contributed by atoms with Crippen molar-refractivity contribution in [1.29, 1.82) is 0 Å². The van der Waals surface area contributed by atoms with E-state index in [1.165, 1.54) is 0 Å². The van der Waals surface area contributed by atoms with Gasteiger partial charge in [-0.25, -0.2) is 0 Å². The molecule has 3 rings (SSSR count). The molecule has 0 bridgehead atoms. The normalized spacial score (nSPS) is 16.0. The lowest BCUT2D eigenvalue weighted by Crippen LogP contribution is -2.47. The molecule has 1 saturated heterocycles. The van der Waals surface area contributed by atoms with Crippen molar-refractivity contribution in [1.82, 2.24) is 4.90 Å². The largest absolute Gasteiger partial charge is 0.342 e. The summed E-state index contributed by atoms with van der Waals surface area (Å²) in [5, 5.41) is 0. The highest BCUT2D eigenvalue weighted by Gasteiger charge is 2.45. The average molecular weight is 335 g/mol. The van der Waals surface area contributed by atoms with E-state index < -0.39 is 5.41 Å². The van der Waals surface area contributed by atoms with Crippen molar-refractivity contribution in [2.75, 3.05) is 13.1 Å². The van der Waals surface area contributed by atoms with Crippen LogP contribution in [0, 0.1) is 5.92 Å². The summed E-state index contributed by atoms with van der Waals surface area (Å²) < 4.78 is 0. The zero-order valence-electron chi connectivity index (χ0n) is 15.4. The molecule has 0 N–H and O–H groups in total. The van der Waals surface area contributed by atoms with Crippen molar-refractivity contribution in [3.05, 3.63) is 71.8 Å². The van der Waals surface area contributed by atoms with Crippen molar-refractivity contribution in [3.63, 3.8) is 0 Å². The van der Waals surface area contributed by atoms with Gasteiger partial charge in [-0.1, -0.05) is 80.9 Å². The first-order valence-corrected chi connectivity index (χ1v) is 9.59. The second-order valence-corrected chi connectivity index (χ2v) is 7.35. The van der Waals surface area contributed by atoms with Gasteiger partial charge in [-0.2, -0.15) is 0 Å². The number of benzene rings is 2. The molecule has 1 heterocycles. The van der Waals surface area contributed by atoms with Gasteiger partial charge in [0.2, 0.25) is 5.91 Å². The van der Waals surface area contributed by atoms with E-state index in [0.29, 0.717) is 5.92 Å². The second kappa shape index (κ2) is 7.86. The highest BCUT2D eigenvalue weighted by atomic mass is 16.2. The number of carbonyl (C=O) groups is 1. The Kier molecular flexibility index (Phi) is 5.57. The molecular weight excluding hydrogens is 306 g/mol. The zero-order valence-corrected chi connectivity index (χ0v) is 15.4. The Hall–Kier alpha value is -2.09. The minimum atomic E-state index is -0.581. The minimum Gasteiger partial charge on any atom is -0.342 e. The molecule has 0 aliphatic carbocycles. The Morgan fingerprint density at radius 1 is 0.960 bits per heavy atom. The molecule has 25 heavy (non-hydrogen) atoms. The second-order valence-electron chi connectivity index (χ2n) is 7.35. The molecule has 2 aromatic rings. The first-order valence-electron chi connectivity index (χ1n) is 9.59. The van der Waals surface area contributed by atoms with E-state index in [2.05, 4.69) is 67.3 Å². The molecule has 1 unspecified atom stereocenters. The lowest BCUT2D eigenvalue weighted by Gasteiger charge is -2.38. The van der Waals surface area contributed by atoms with Gasteiger partial charge in [-0.15, -0.1) is 0 Å². The molecule has 1 aliphatic rings. The summed E-state index contributed by atoms with van der Waals surface area (Å²) in [6.45, 7) is 6.26. The Morgan fingerprint density at radius 2 is 1.44 bits per heavy atom. The van der Waals surface area contributed by atoms with Crippen molar-refractivity contribution >= 4 is 5.91 Å². The van der Waals surface area contributed by atoms with Crippen LogP contribution in [0.25, 0.3) is 0 Å². The fourth-order valence-electron chi connectivity index (χ4n) is 4.04. The van der Waals surface area contributed by atoms with Crippen molar-refractivity contribution in [3.8, 4) is 0 Å². The van der Waals surface area contributed by atoms with Crippen LogP contribution in [0.5, 0.6) is 0 Å². The maximum Gasteiger partial charge on any atom is 0.237 e. The molecule has 2 aromatic carbocycles. The van der Waals surface area contributed by atoms with Crippen molar-refractivity contribution in [2.45, 2.75) is 44.9 Å². The first kappa shape index (κ1) is 17.7. The number of hydrogen-bond acceptors (Lipinski definition) is 1. The highest BCUT2D eigenvalue weighted by Crippen LogP contribution is 2.41. The summed E-state index contributed by atoms with van der Waals surface area (Å²) in [6, 6.07) is 20.8. The number of rotatable bonds is 6. The standard InChI is InChI=1S/C23H29NO/c1-3-19(2)18-23(20-12-6-4-7-13-20,21-14-8-5-9-15-21)22(25)24-16-10-11-17-24/h4-9,12-15,19H,3,10-11,16-18H2,1-2H3. The van der Waals surface area contributed by atoms with Crippen LogP contribution in [0.1, 0.15) is 50.7 Å². The van der Waals surface area contributed by atoms with Crippen LogP contribution in [-0.2, 0) is 10.2 Å². The number of hydrogen-bond donors (Lipinski definition) is 0. The van der Waals surface area contributed by atoms with Crippen LogP contribution < -0.4 is 0 Å². The van der Waals surface area contributed by atoms with Gasteiger partial charge in [0.25, 0.3) is 0 Å². The smallest absolute Gasteiger partial charge is 0.237 e. The quantitative estimate of drug-likeness (QED) is 0.725. The molecule has 1 atom stereocenters. The minimum absolute atomic E-state index is 0.280. The molecule has 1 fully saturated rings. The van der Waals surface area contributed by atoms with Gasteiger partial charge in [-0.05, 0) is 36.3 Å². The third-order valence-corrected chi connectivity index (χ3v) is 5.64. The molecule has 0 spiro atoms. The summed E-state index contributed by atoms with van der Waals surface area (Å²) in [5.41, 5.74) is 1.67. The van der Waals surface area contributed by atoms with Gasteiger partial charge in [0.1, 0.15) is 0 Å². The molecule has 2 nitrogen and oxygen atoms in total. The van der Waals surface area contributed by atoms with Crippen LogP contribution in [0.2, 0.25) is 0 Å². The number of amides is 1. The van der Waals surface area contributed by atoms with Crippen LogP contribution in [0.3, 0.4) is 0 Å². The van der Waals surface area contributed by atoms with E-state index in [-0.39, 0.29) is 5.91 Å². The molecule has 1 amide bonds. The fourth-order valence-corrected chi connectivity index (χ4v) is 4.04. The van der Waals surface area contributed by atoms with Crippen LogP contribution in [0.4, 0.5) is 0 Å². The monoisotopic (exact) mass is 335 g/mol. The van der Waals surface area contributed by atoms with Gasteiger partial charge in [0.15, 0.2) is 0 Å².